The van der Waals surface area contributed by atoms with Gasteiger partial charge in [-0.2, -0.15) is 0 Å². The SMILES string of the molecule is CNC(=O)[C@H]1CN(Cc2cccc3[nH]ccc23)CCN(C(C)=O)C1. The number of nitrogens with one attached hydrogen (secondary N) is 2. The minimum atomic E-state index is -0.202. The summed E-state index contributed by atoms with van der Waals surface area (Å²) in [6.45, 7) is 4.91. The summed E-state index contributed by atoms with van der Waals surface area (Å²) in [4.78, 5) is 31.2. The second-order valence-electron chi connectivity index (χ2n) is 6.37. The van der Waals surface area contributed by atoms with Gasteiger partial charge in [-0.1, -0.05) is 12.1 Å². The number of rotatable bonds is 3. The van der Waals surface area contributed by atoms with Gasteiger partial charge in [-0.25, -0.2) is 0 Å². The summed E-state index contributed by atoms with van der Waals surface area (Å²) in [6.07, 6.45) is 1.95. The third-order valence-corrected chi connectivity index (χ3v) is 4.75. The van der Waals surface area contributed by atoms with E-state index in [1.807, 2.05) is 12.3 Å². The number of benzene rings is 1. The Bertz CT molecular complexity index is 739. The van der Waals surface area contributed by atoms with Crippen LogP contribution in [0.25, 0.3) is 10.9 Å². The Morgan fingerprint density at radius 3 is 2.83 bits per heavy atom. The highest BCUT2D eigenvalue weighted by molar-refractivity contribution is 5.83. The minimum absolute atomic E-state index is 0.00648. The maximum atomic E-state index is 12.2. The molecule has 1 saturated heterocycles. The van der Waals surface area contributed by atoms with Crippen LogP contribution in [0.5, 0.6) is 0 Å². The van der Waals surface area contributed by atoms with E-state index in [9.17, 15) is 9.59 Å². The molecule has 1 aliphatic heterocycles. The molecule has 24 heavy (non-hydrogen) atoms. The highest BCUT2D eigenvalue weighted by Gasteiger charge is 2.28. The van der Waals surface area contributed by atoms with E-state index in [1.54, 1.807) is 18.9 Å². The number of aromatic amines is 1. The molecule has 0 spiro atoms. The molecule has 2 heterocycles. The van der Waals surface area contributed by atoms with Crippen molar-refractivity contribution in [2.45, 2.75) is 13.5 Å². The Kier molecular flexibility index (Phi) is 4.85. The van der Waals surface area contributed by atoms with Gasteiger partial charge in [0.1, 0.15) is 0 Å². The van der Waals surface area contributed by atoms with Crippen molar-refractivity contribution >= 4 is 22.7 Å². The molecule has 2 aromatic rings. The van der Waals surface area contributed by atoms with E-state index in [4.69, 9.17) is 0 Å². The number of nitrogens with zero attached hydrogens (tertiary/aromatic N) is 2. The Labute approximate surface area is 141 Å². The summed E-state index contributed by atoms with van der Waals surface area (Å²) in [5.41, 5.74) is 2.36. The van der Waals surface area contributed by atoms with E-state index in [0.29, 0.717) is 19.6 Å². The van der Waals surface area contributed by atoms with Crippen molar-refractivity contribution in [3.63, 3.8) is 0 Å². The molecule has 0 saturated carbocycles. The first kappa shape index (κ1) is 16.5. The number of carbonyl (C=O) groups excluding carboxylic acids is 2. The van der Waals surface area contributed by atoms with Crippen LogP contribution in [-0.2, 0) is 16.1 Å². The van der Waals surface area contributed by atoms with Crippen molar-refractivity contribution in [2.75, 3.05) is 33.2 Å². The van der Waals surface area contributed by atoms with Gasteiger partial charge < -0.3 is 15.2 Å². The van der Waals surface area contributed by atoms with Crippen molar-refractivity contribution in [1.29, 1.82) is 0 Å². The molecule has 2 N–H and O–H groups in total. The monoisotopic (exact) mass is 328 g/mol. The molecule has 1 aliphatic rings. The van der Waals surface area contributed by atoms with Crippen molar-refractivity contribution in [3.8, 4) is 0 Å². The van der Waals surface area contributed by atoms with Gasteiger partial charge in [0.15, 0.2) is 0 Å². The summed E-state index contributed by atoms with van der Waals surface area (Å²) in [6, 6.07) is 8.31. The fourth-order valence-corrected chi connectivity index (χ4v) is 3.41. The predicted molar refractivity (Wildman–Crippen MR) is 93.4 cm³/mol. The van der Waals surface area contributed by atoms with Crippen molar-refractivity contribution in [2.24, 2.45) is 5.92 Å². The maximum Gasteiger partial charge on any atom is 0.225 e. The van der Waals surface area contributed by atoms with Crippen LogP contribution < -0.4 is 5.32 Å². The van der Waals surface area contributed by atoms with E-state index in [-0.39, 0.29) is 17.7 Å². The first-order valence-electron chi connectivity index (χ1n) is 8.33. The third-order valence-electron chi connectivity index (χ3n) is 4.75. The molecule has 6 heteroatoms. The van der Waals surface area contributed by atoms with Gasteiger partial charge in [0, 0.05) is 63.8 Å². The molecule has 1 aromatic heterocycles. The smallest absolute Gasteiger partial charge is 0.225 e. The fourth-order valence-electron chi connectivity index (χ4n) is 3.41. The van der Waals surface area contributed by atoms with Crippen LogP contribution in [0.3, 0.4) is 0 Å². The zero-order valence-electron chi connectivity index (χ0n) is 14.2. The van der Waals surface area contributed by atoms with E-state index in [1.165, 1.54) is 10.9 Å². The molecule has 3 rings (SSSR count). The van der Waals surface area contributed by atoms with E-state index < -0.39 is 0 Å². The first-order chi connectivity index (χ1) is 11.6. The lowest BCUT2D eigenvalue weighted by molar-refractivity contribution is -0.130. The quantitative estimate of drug-likeness (QED) is 0.889. The lowest BCUT2D eigenvalue weighted by Crippen LogP contribution is -2.40. The van der Waals surface area contributed by atoms with Crippen LogP contribution in [0.4, 0.5) is 0 Å². The zero-order chi connectivity index (χ0) is 17.1. The Hall–Kier alpha value is -2.34. The number of carbonyl (C=O) groups is 2. The van der Waals surface area contributed by atoms with Crippen LogP contribution in [0.1, 0.15) is 12.5 Å². The maximum absolute atomic E-state index is 12.2. The molecule has 128 valence electrons. The van der Waals surface area contributed by atoms with Crippen molar-refractivity contribution < 1.29 is 9.59 Å². The minimum Gasteiger partial charge on any atom is -0.361 e. The van der Waals surface area contributed by atoms with Crippen LogP contribution >= 0.6 is 0 Å². The number of fused-ring (bicyclic) bond motifs is 1. The Balaban J connectivity index is 1.80. The molecule has 0 bridgehead atoms. The molecule has 6 nitrogen and oxygen atoms in total. The van der Waals surface area contributed by atoms with Gasteiger partial charge in [0.2, 0.25) is 11.8 Å². The normalized spacial score (nSPS) is 19.2. The second-order valence-corrected chi connectivity index (χ2v) is 6.37. The lowest BCUT2D eigenvalue weighted by Gasteiger charge is -2.23. The first-order valence-corrected chi connectivity index (χ1v) is 8.33. The third kappa shape index (κ3) is 3.43. The molecule has 1 fully saturated rings. The summed E-state index contributed by atoms with van der Waals surface area (Å²) >= 11 is 0. The molecule has 1 aromatic carbocycles. The molecule has 2 amide bonds. The largest absolute Gasteiger partial charge is 0.361 e. The summed E-state index contributed by atoms with van der Waals surface area (Å²) in [7, 11) is 1.65. The molecule has 1 atom stereocenters. The lowest BCUT2D eigenvalue weighted by atomic mass is 10.1. The topological polar surface area (TPSA) is 68.4 Å². The van der Waals surface area contributed by atoms with Crippen LogP contribution in [0.2, 0.25) is 0 Å². The van der Waals surface area contributed by atoms with Gasteiger partial charge >= 0.3 is 0 Å². The van der Waals surface area contributed by atoms with Gasteiger partial charge in [0.25, 0.3) is 0 Å². The van der Waals surface area contributed by atoms with Crippen LogP contribution in [0.15, 0.2) is 30.5 Å². The van der Waals surface area contributed by atoms with Crippen LogP contribution in [0, 0.1) is 5.92 Å². The van der Waals surface area contributed by atoms with Crippen LogP contribution in [-0.4, -0.2) is 59.8 Å². The van der Waals surface area contributed by atoms with Gasteiger partial charge in [0.05, 0.1) is 5.92 Å². The number of H-pyrrole nitrogens is 1. The summed E-state index contributed by atoms with van der Waals surface area (Å²) in [5, 5.41) is 3.93. The average Bonchev–Trinajstić information content (AvgIpc) is 2.95. The Morgan fingerprint density at radius 1 is 1.25 bits per heavy atom. The highest BCUT2D eigenvalue weighted by Crippen LogP contribution is 2.20. The van der Waals surface area contributed by atoms with E-state index in [2.05, 4.69) is 33.4 Å². The number of aromatic nitrogens is 1. The summed E-state index contributed by atoms with van der Waals surface area (Å²) in [5.74, 6) is -0.182. The Morgan fingerprint density at radius 2 is 2.08 bits per heavy atom. The molecule has 0 radical (unpaired) electrons. The van der Waals surface area contributed by atoms with Gasteiger partial charge in [-0.05, 0) is 17.7 Å². The second kappa shape index (κ2) is 7.05. The molecular weight excluding hydrogens is 304 g/mol. The molecule has 0 unspecified atom stereocenters. The number of hydrogen-bond donors (Lipinski definition) is 2. The average molecular weight is 328 g/mol. The van der Waals surface area contributed by atoms with E-state index >= 15 is 0 Å². The van der Waals surface area contributed by atoms with Gasteiger partial charge in [-0.15, -0.1) is 0 Å². The standard InChI is InChI=1S/C18H24N4O2/c1-13(23)22-9-8-21(11-15(12-22)18(24)19-2)10-14-4-3-5-17-16(14)6-7-20-17/h3-7,15,20H,8-12H2,1-2H3,(H,19,24)/t15-/m0/s1. The van der Waals surface area contributed by atoms with E-state index in [0.717, 1.165) is 18.6 Å². The van der Waals surface area contributed by atoms with Gasteiger partial charge in [-0.3, -0.25) is 14.5 Å². The number of hydrogen-bond acceptors (Lipinski definition) is 3. The molecule has 0 aliphatic carbocycles. The summed E-state index contributed by atoms with van der Waals surface area (Å²) < 4.78 is 0. The molecular formula is C18H24N4O2. The zero-order valence-corrected chi connectivity index (χ0v) is 14.2. The number of amides is 2. The predicted octanol–water partition coefficient (Wildman–Crippen LogP) is 1.19. The van der Waals surface area contributed by atoms with Crippen molar-refractivity contribution in [3.05, 3.63) is 36.0 Å². The van der Waals surface area contributed by atoms with Crippen molar-refractivity contribution in [1.82, 2.24) is 20.1 Å². The highest BCUT2D eigenvalue weighted by atomic mass is 16.2. The fraction of sp³-hybridized carbons (Fsp3) is 0.444.